The Hall–Kier alpha value is -1.50. The van der Waals surface area contributed by atoms with E-state index < -0.39 is 0 Å². The molecular formula is C13H17N. The van der Waals surface area contributed by atoms with Crippen molar-refractivity contribution < 1.29 is 0 Å². The third-order valence-electron chi connectivity index (χ3n) is 2.00. The van der Waals surface area contributed by atoms with Crippen molar-refractivity contribution in [3.63, 3.8) is 0 Å². The van der Waals surface area contributed by atoms with E-state index in [9.17, 15) is 0 Å². The largest absolute Gasteiger partial charge is 0.393 e. The Labute approximate surface area is 86.2 Å². The lowest BCUT2D eigenvalue weighted by molar-refractivity contribution is 1.11. The van der Waals surface area contributed by atoms with Gasteiger partial charge in [-0.05, 0) is 25.0 Å². The van der Waals surface area contributed by atoms with Crippen molar-refractivity contribution in [1.82, 2.24) is 5.32 Å². The predicted octanol–water partition coefficient (Wildman–Crippen LogP) is 3.13. The van der Waals surface area contributed by atoms with Crippen LogP contribution < -0.4 is 5.32 Å². The van der Waals surface area contributed by atoms with Gasteiger partial charge in [-0.1, -0.05) is 42.0 Å². The first-order valence-electron chi connectivity index (χ1n) is 4.85. The minimum absolute atomic E-state index is 1.21. The maximum atomic E-state index is 3.06. The average Bonchev–Trinajstić information content (AvgIpc) is 2.17. The van der Waals surface area contributed by atoms with E-state index in [4.69, 9.17) is 0 Å². The van der Waals surface area contributed by atoms with Crippen LogP contribution in [0.1, 0.15) is 18.1 Å². The molecule has 1 nitrogen and oxygen atoms in total. The van der Waals surface area contributed by atoms with Gasteiger partial charge in [-0.25, -0.2) is 0 Å². The van der Waals surface area contributed by atoms with Gasteiger partial charge in [-0.3, -0.25) is 0 Å². The highest BCUT2D eigenvalue weighted by molar-refractivity contribution is 5.73. The van der Waals surface area contributed by atoms with Crippen LogP contribution in [0.2, 0.25) is 0 Å². The lowest BCUT2D eigenvalue weighted by Crippen LogP contribution is -1.95. The van der Waals surface area contributed by atoms with Crippen LogP contribution >= 0.6 is 0 Å². The van der Waals surface area contributed by atoms with Gasteiger partial charge >= 0.3 is 0 Å². The van der Waals surface area contributed by atoms with E-state index in [0.29, 0.717) is 0 Å². The number of benzene rings is 1. The van der Waals surface area contributed by atoms with Crippen molar-refractivity contribution in [1.29, 1.82) is 0 Å². The summed E-state index contributed by atoms with van der Waals surface area (Å²) in [6.45, 7) is 4.13. The highest BCUT2D eigenvalue weighted by Gasteiger charge is 1.96. The van der Waals surface area contributed by atoms with Gasteiger partial charge in [0, 0.05) is 13.2 Å². The summed E-state index contributed by atoms with van der Waals surface area (Å²) in [6.07, 6.45) is 6.16. The molecule has 1 aromatic rings. The van der Waals surface area contributed by atoms with Crippen molar-refractivity contribution >= 4 is 5.57 Å². The quantitative estimate of drug-likeness (QED) is 0.717. The van der Waals surface area contributed by atoms with Crippen LogP contribution in [-0.4, -0.2) is 7.05 Å². The molecule has 0 amide bonds. The van der Waals surface area contributed by atoms with E-state index in [2.05, 4.69) is 42.6 Å². The standard InChI is InChI=1S/C13H17N/c1-4-6-13(10-14-3)12-8-5-7-11(2)9-12/h4-10,14H,1-3H3/b6-4-,13-10+. The molecule has 1 aromatic carbocycles. The smallest absolute Gasteiger partial charge is 0.00411 e. The maximum absolute atomic E-state index is 3.06. The molecule has 0 saturated heterocycles. The van der Waals surface area contributed by atoms with Gasteiger partial charge in [-0.2, -0.15) is 0 Å². The van der Waals surface area contributed by atoms with Gasteiger partial charge in [-0.15, -0.1) is 0 Å². The molecule has 0 saturated carbocycles. The summed E-state index contributed by atoms with van der Waals surface area (Å²) in [5, 5.41) is 3.06. The molecule has 1 N–H and O–H groups in total. The van der Waals surface area contributed by atoms with E-state index >= 15 is 0 Å². The number of hydrogen-bond acceptors (Lipinski definition) is 1. The molecular weight excluding hydrogens is 170 g/mol. The Kier molecular flexibility index (Phi) is 3.99. The Balaban J connectivity index is 3.05. The van der Waals surface area contributed by atoms with Crippen molar-refractivity contribution in [2.45, 2.75) is 13.8 Å². The third-order valence-corrected chi connectivity index (χ3v) is 2.00. The van der Waals surface area contributed by atoms with Crippen LogP contribution in [0, 0.1) is 6.92 Å². The van der Waals surface area contributed by atoms with E-state index in [1.165, 1.54) is 16.7 Å². The van der Waals surface area contributed by atoms with Crippen LogP contribution in [0.3, 0.4) is 0 Å². The summed E-state index contributed by atoms with van der Waals surface area (Å²) in [7, 11) is 1.92. The number of allylic oxidation sites excluding steroid dienone is 3. The highest BCUT2D eigenvalue weighted by Crippen LogP contribution is 2.16. The van der Waals surface area contributed by atoms with Gasteiger partial charge in [0.2, 0.25) is 0 Å². The Bertz CT molecular complexity index is 348. The van der Waals surface area contributed by atoms with Crippen molar-refractivity contribution in [3.8, 4) is 0 Å². The highest BCUT2D eigenvalue weighted by atomic mass is 14.8. The molecule has 0 aromatic heterocycles. The number of hydrogen-bond donors (Lipinski definition) is 1. The molecule has 0 aliphatic heterocycles. The molecule has 0 heterocycles. The monoisotopic (exact) mass is 187 g/mol. The van der Waals surface area contributed by atoms with E-state index in [1.807, 2.05) is 26.2 Å². The van der Waals surface area contributed by atoms with Crippen molar-refractivity contribution in [2.75, 3.05) is 7.05 Å². The molecule has 74 valence electrons. The summed E-state index contributed by atoms with van der Waals surface area (Å²) in [6, 6.07) is 8.49. The van der Waals surface area contributed by atoms with Gasteiger partial charge in [0.25, 0.3) is 0 Å². The number of nitrogens with one attached hydrogen (secondary N) is 1. The van der Waals surface area contributed by atoms with Crippen molar-refractivity contribution in [3.05, 3.63) is 53.7 Å². The summed E-state index contributed by atoms with van der Waals surface area (Å²) < 4.78 is 0. The Morgan fingerprint density at radius 2 is 2.14 bits per heavy atom. The van der Waals surface area contributed by atoms with E-state index in [-0.39, 0.29) is 0 Å². The first kappa shape index (κ1) is 10.6. The lowest BCUT2D eigenvalue weighted by Gasteiger charge is -2.03. The van der Waals surface area contributed by atoms with Crippen LogP contribution in [-0.2, 0) is 0 Å². The summed E-state index contributed by atoms with van der Waals surface area (Å²) in [5.41, 5.74) is 3.74. The minimum atomic E-state index is 1.21. The molecule has 14 heavy (non-hydrogen) atoms. The molecule has 0 atom stereocenters. The summed E-state index contributed by atoms with van der Waals surface area (Å²) in [4.78, 5) is 0. The zero-order valence-corrected chi connectivity index (χ0v) is 9.04. The molecule has 0 aliphatic rings. The predicted molar refractivity (Wildman–Crippen MR) is 63.0 cm³/mol. The molecule has 1 rings (SSSR count). The minimum Gasteiger partial charge on any atom is -0.393 e. The van der Waals surface area contributed by atoms with Crippen LogP contribution in [0.15, 0.2) is 42.6 Å². The number of aryl methyl sites for hydroxylation is 1. The average molecular weight is 187 g/mol. The SMILES string of the molecule is C/C=C\C(=C/NC)c1cccc(C)c1. The molecule has 0 spiro atoms. The summed E-state index contributed by atoms with van der Waals surface area (Å²) >= 11 is 0. The fourth-order valence-electron chi connectivity index (χ4n) is 1.39. The fourth-order valence-corrected chi connectivity index (χ4v) is 1.39. The van der Waals surface area contributed by atoms with Gasteiger partial charge < -0.3 is 5.32 Å². The summed E-state index contributed by atoms with van der Waals surface area (Å²) in [5.74, 6) is 0. The Morgan fingerprint density at radius 3 is 2.71 bits per heavy atom. The second-order valence-corrected chi connectivity index (χ2v) is 3.26. The van der Waals surface area contributed by atoms with E-state index in [1.54, 1.807) is 0 Å². The topological polar surface area (TPSA) is 12.0 Å². The lowest BCUT2D eigenvalue weighted by atomic mass is 10.0. The first-order chi connectivity index (χ1) is 6.77. The van der Waals surface area contributed by atoms with Crippen molar-refractivity contribution in [2.24, 2.45) is 0 Å². The van der Waals surface area contributed by atoms with E-state index in [0.717, 1.165) is 0 Å². The van der Waals surface area contributed by atoms with Gasteiger partial charge in [0.1, 0.15) is 0 Å². The third kappa shape index (κ3) is 2.77. The zero-order valence-electron chi connectivity index (χ0n) is 9.04. The van der Waals surface area contributed by atoms with Crippen LogP contribution in [0.25, 0.3) is 5.57 Å². The molecule has 0 aliphatic carbocycles. The molecule has 0 bridgehead atoms. The fraction of sp³-hybridized carbons (Fsp3) is 0.231. The second-order valence-electron chi connectivity index (χ2n) is 3.26. The van der Waals surface area contributed by atoms with Crippen LogP contribution in [0.5, 0.6) is 0 Å². The van der Waals surface area contributed by atoms with Gasteiger partial charge in [0.15, 0.2) is 0 Å². The van der Waals surface area contributed by atoms with Crippen LogP contribution in [0.4, 0.5) is 0 Å². The molecule has 0 fully saturated rings. The molecule has 0 radical (unpaired) electrons. The second kappa shape index (κ2) is 5.28. The number of rotatable bonds is 3. The van der Waals surface area contributed by atoms with Gasteiger partial charge in [0.05, 0.1) is 0 Å². The first-order valence-corrected chi connectivity index (χ1v) is 4.85. The molecule has 1 heteroatoms. The normalized spacial score (nSPS) is 12.1. The zero-order chi connectivity index (χ0) is 10.4. The molecule has 0 unspecified atom stereocenters. The maximum Gasteiger partial charge on any atom is 0.00411 e. The Morgan fingerprint density at radius 1 is 1.36 bits per heavy atom.